The number of hydrogen-bond acceptors (Lipinski definition) is 7. The molecule has 1 aromatic heterocycles. The van der Waals surface area contributed by atoms with Crippen LogP contribution < -0.4 is 16.4 Å². The second-order valence-electron chi connectivity index (χ2n) is 12.8. The Kier molecular flexibility index (Phi) is 18.2. The van der Waals surface area contributed by atoms with E-state index in [2.05, 4.69) is 15.6 Å². The Morgan fingerprint density at radius 3 is 2.18 bits per heavy atom. The highest BCUT2D eigenvalue weighted by molar-refractivity contribution is 7.13. The van der Waals surface area contributed by atoms with Gasteiger partial charge in [-0.1, -0.05) is 83.6 Å². The van der Waals surface area contributed by atoms with E-state index in [1.807, 2.05) is 57.5 Å². The maximum atomic E-state index is 13.8. The van der Waals surface area contributed by atoms with E-state index < -0.39 is 23.6 Å². The number of nitrogens with one attached hydrogen (secondary N) is 2. The predicted molar refractivity (Wildman–Crippen MR) is 187 cm³/mol. The van der Waals surface area contributed by atoms with Gasteiger partial charge in [-0.3, -0.25) is 14.4 Å². The van der Waals surface area contributed by atoms with E-state index >= 15 is 0 Å². The molecule has 1 fully saturated rings. The number of aromatic nitrogens is 1. The number of carbonyl (C=O) groups excluding carboxylic acids is 3. The molecule has 2 aromatic rings. The zero-order chi connectivity index (χ0) is 31.4. The van der Waals surface area contributed by atoms with Crippen molar-refractivity contribution in [3.63, 3.8) is 0 Å². The number of aliphatic hydroxyl groups is 1. The Balaban J connectivity index is 0.00000506. The van der Waals surface area contributed by atoms with Crippen LogP contribution in [0.3, 0.4) is 0 Å². The highest BCUT2D eigenvalue weighted by atomic mass is 35.5. The highest BCUT2D eigenvalue weighted by Crippen LogP contribution is 2.28. The Labute approximate surface area is 285 Å². The fourth-order valence-corrected chi connectivity index (χ4v) is 6.32. The number of likely N-dealkylation sites (tertiary alicyclic amines) is 1. The van der Waals surface area contributed by atoms with Gasteiger partial charge in [0.25, 0.3) is 0 Å². The zero-order valence-corrected chi connectivity index (χ0v) is 29.6. The summed E-state index contributed by atoms with van der Waals surface area (Å²) < 4.78 is 0. The molecule has 0 radical (unpaired) electrons. The van der Waals surface area contributed by atoms with Crippen LogP contribution in [-0.2, 0) is 20.9 Å². The van der Waals surface area contributed by atoms with E-state index in [-0.39, 0.29) is 55.5 Å². The number of aliphatic hydroxyl groups excluding tert-OH is 1. The van der Waals surface area contributed by atoms with Gasteiger partial charge in [0.15, 0.2) is 0 Å². The standard InChI is InChI=1S/C33H51N5O4S.2ClH/c1-23-29(43-22-36-23)25-16-14-24(15-17-25)20-35-31(41)27-19-26(39)21-38(27)32(42)30(33(2,3)4)37-28(40)13-11-9-7-5-6-8-10-12-18-34;;/h14-17,22,26-27,30,39H,5-13,18-21,34H2,1-4H3,(H,35,41)(H,37,40);2*1H. The number of benzene rings is 1. The van der Waals surface area contributed by atoms with Crippen LogP contribution in [0, 0.1) is 12.3 Å². The number of nitrogens with zero attached hydrogens (tertiary/aromatic N) is 2. The van der Waals surface area contributed by atoms with E-state index in [4.69, 9.17) is 5.73 Å². The van der Waals surface area contributed by atoms with Crippen LogP contribution in [0.2, 0.25) is 0 Å². The molecular weight excluding hydrogens is 633 g/mol. The third kappa shape index (κ3) is 12.8. The zero-order valence-electron chi connectivity index (χ0n) is 27.2. The maximum absolute atomic E-state index is 13.8. The number of amides is 3. The van der Waals surface area contributed by atoms with E-state index in [0.717, 1.165) is 60.3 Å². The number of β-amino-alcohol motifs (C(OH)–C–C–N with tert-alkyl or cyclic N) is 1. The second kappa shape index (κ2) is 20.1. The summed E-state index contributed by atoms with van der Waals surface area (Å²) >= 11 is 1.59. The van der Waals surface area contributed by atoms with Crippen LogP contribution in [0.4, 0.5) is 0 Å². The minimum atomic E-state index is -0.800. The van der Waals surface area contributed by atoms with Crippen LogP contribution in [0.25, 0.3) is 10.4 Å². The van der Waals surface area contributed by atoms with Crippen molar-refractivity contribution < 1.29 is 19.5 Å². The largest absolute Gasteiger partial charge is 0.391 e. The van der Waals surface area contributed by atoms with Gasteiger partial charge in [-0.2, -0.15) is 0 Å². The van der Waals surface area contributed by atoms with Gasteiger partial charge in [0.05, 0.1) is 22.2 Å². The van der Waals surface area contributed by atoms with Crippen LogP contribution in [0.5, 0.6) is 0 Å². The molecule has 2 heterocycles. The SMILES string of the molecule is Cc1ncsc1-c1ccc(CNC(=O)C2CC(O)CN2C(=O)C(NC(=O)CCCCCCCCCCN)C(C)(C)C)cc1.Cl.Cl. The molecule has 0 bridgehead atoms. The summed E-state index contributed by atoms with van der Waals surface area (Å²) in [4.78, 5) is 46.8. The molecule has 1 aliphatic rings. The van der Waals surface area contributed by atoms with Gasteiger partial charge in [-0.25, -0.2) is 4.98 Å². The minimum Gasteiger partial charge on any atom is -0.391 e. The molecule has 9 nitrogen and oxygen atoms in total. The summed E-state index contributed by atoms with van der Waals surface area (Å²) in [5.74, 6) is -0.803. The molecule has 1 saturated heterocycles. The van der Waals surface area contributed by atoms with Gasteiger partial charge < -0.3 is 26.4 Å². The molecule has 0 aliphatic carbocycles. The van der Waals surface area contributed by atoms with Gasteiger partial charge in [-0.15, -0.1) is 36.2 Å². The molecule has 3 unspecified atom stereocenters. The summed E-state index contributed by atoms with van der Waals surface area (Å²) in [6, 6.07) is 6.36. The van der Waals surface area contributed by atoms with Crippen molar-refractivity contribution in [2.24, 2.45) is 11.1 Å². The lowest BCUT2D eigenvalue weighted by atomic mass is 9.85. The third-order valence-electron chi connectivity index (χ3n) is 8.07. The lowest BCUT2D eigenvalue weighted by Gasteiger charge is -2.35. The van der Waals surface area contributed by atoms with Gasteiger partial charge in [0.1, 0.15) is 12.1 Å². The van der Waals surface area contributed by atoms with Crippen molar-refractivity contribution in [2.75, 3.05) is 13.1 Å². The first-order chi connectivity index (χ1) is 20.5. The molecule has 254 valence electrons. The van der Waals surface area contributed by atoms with E-state index in [1.54, 1.807) is 11.3 Å². The summed E-state index contributed by atoms with van der Waals surface area (Å²) in [6.07, 6.45) is 8.40. The number of halogens is 2. The Morgan fingerprint density at radius 1 is 1.02 bits per heavy atom. The van der Waals surface area contributed by atoms with E-state index in [0.29, 0.717) is 13.0 Å². The number of aryl methyl sites for hydroxylation is 1. The first kappa shape index (κ1) is 40.8. The van der Waals surface area contributed by atoms with Crippen molar-refractivity contribution in [2.45, 2.75) is 117 Å². The molecule has 12 heteroatoms. The normalized spacial score (nSPS) is 16.8. The first-order valence-corrected chi connectivity index (χ1v) is 16.6. The quantitative estimate of drug-likeness (QED) is 0.171. The summed E-state index contributed by atoms with van der Waals surface area (Å²) in [5, 5.41) is 16.3. The van der Waals surface area contributed by atoms with Crippen molar-refractivity contribution in [3.8, 4) is 10.4 Å². The molecular formula is C33H53Cl2N5O4S. The monoisotopic (exact) mass is 685 g/mol. The fraction of sp³-hybridized carbons (Fsp3) is 0.636. The average molecular weight is 687 g/mol. The number of nitrogens with two attached hydrogens (primary N) is 1. The molecule has 5 N–H and O–H groups in total. The number of carbonyl (C=O) groups is 3. The lowest BCUT2D eigenvalue weighted by Crippen LogP contribution is -2.57. The van der Waals surface area contributed by atoms with Crippen molar-refractivity contribution in [1.29, 1.82) is 0 Å². The summed E-state index contributed by atoms with van der Waals surface area (Å²) in [5.41, 5.74) is 9.80. The summed E-state index contributed by atoms with van der Waals surface area (Å²) in [6.45, 7) is 8.81. The molecule has 3 atom stereocenters. The third-order valence-corrected chi connectivity index (χ3v) is 9.05. The smallest absolute Gasteiger partial charge is 0.246 e. The molecule has 3 rings (SSSR count). The number of unbranched alkanes of at least 4 members (excludes halogenated alkanes) is 7. The minimum absolute atomic E-state index is 0. The van der Waals surface area contributed by atoms with Crippen molar-refractivity contribution in [1.82, 2.24) is 20.5 Å². The van der Waals surface area contributed by atoms with Crippen LogP contribution in [0.1, 0.15) is 96.2 Å². The first-order valence-electron chi connectivity index (χ1n) is 15.8. The second-order valence-corrected chi connectivity index (χ2v) is 13.7. The molecule has 1 aliphatic heterocycles. The number of thiazole rings is 1. The van der Waals surface area contributed by atoms with Gasteiger partial charge >= 0.3 is 0 Å². The highest BCUT2D eigenvalue weighted by Gasteiger charge is 2.44. The van der Waals surface area contributed by atoms with E-state index in [1.165, 1.54) is 24.2 Å². The van der Waals surface area contributed by atoms with Crippen LogP contribution in [0.15, 0.2) is 29.8 Å². The molecule has 3 amide bonds. The lowest BCUT2D eigenvalue weighted by molar-refractivity contribution is -0.144. The molecule has 0 spiro atoms. The fourth-order valence-electron chi connectivity index (χ4n) is 5.50. The van der Waals surface area contributed by atoms with Crippen molar-refractivity contribution in [3.05, 3.63) is 41.0 Å². The summed E-state index contributed by atoms with van der Waals surface area (Å²) in [7, 11) is 0. The van der Waals surface area contributed by atoms with Gasteiger partial charge in [0.2, 0.25) is 17.7 Å². The Hall–Kier alpha value is -2.24. The van der Waals surface area contributed by atoms with Gasteiger partial charge in [-0.05, 0) is 42.9 Å². The Bertz CT molecular complexity index is 1190. The van der Waals surface area contributed by atoms with E-state index in [9.17, 15) is 19.5 Å². The molecule has 0 saturated carbocycles. The Morgan fingerprint density at radius 2 is 1.62 bits per heavy atom. The average Bonchev–Trinajstić information content (AvgIpc) is 3.58. The van der Waals surface area contributed by atoms with Gasteiger partial charge in [0, 0.05) is 25.9 Å². The predicted octanol–water partition coefficient (Wildman–Crippen LogP) is 5.54. The molecule has 1 aromatic carbocycles. The van der Waals surface area contributed by atoms with Crippen LogP contribution >= 0.6 is 36.2 Å². The molecule has 45 heavy (non-hydrogen) atoms. The maximum Gasteiger partial charge on any atom is 0.246 e. The van der Waals surface area contributed by atoms with Crippen LogP contribution in [-0.4, -0.2) is 64.0 Å². The topological polar surface area (TPSA) is 138 Å². The number of hydrogen-bond donors (Lipinski definition) is 4. The van der Waals surface area contributed by atoms with Crippen molar-refractivity contribution >= 4 is 53.9 Å². The number of rotatable bonds is 16.